The maximum absolute atomic E-state index is 13.4. The highest BCUT2D eigenvalue weighted by Crippen LogP contribution is 2.35. The van der Waals surface area contributed by atoms with E-state index in [1.165, 1.54) is 23.2 Å². The summed E-state index contributed by atoms with van der Waals surface area (Å²) in [4.78, 5) is 40.4. The molecular weight excluding hydrogens is 387 g/mol. The average molecular weight is 408 g/mol. The summed E-state index contributed by atoms with van der Waals surface area (Å²) in [6, 6.07) is 6.04. The minimum atomic E-state index is -0.346. The molecule has 5 rings (SSSR count). The molecule has 0 bridgehead atoms. The lowest BCUT2D eigenvalue weighted by molar-refractivity contribution is -0.117. The molecule has 1 saturated carbocycles. The van der Waals surface area contributed by atoms with Crippen molar-refractivity contribution in [2.75, 3.05) is 30.4 Å². The summed E-state index contributed by atoms with van der Waals surface area (Å²) in [7, 11) is 1.67. The smallest absolute Gasteiger partial charge is 0.255 e. The third kappa shape index (κ3) is 3.47. The highest BCUT2D eigenvalue weighted by atomic mass is 19.1. The van der Waals surface area contributed by atoms with Gasteiger partial charge in [0, 0.05) is 19.8 Å². The number of halogens is 1. The number of amides is 2. The fraction of sp³-hybridized carbons (Fsp3) is 0.333. The van der Waals surface area contributed by atoms with Crippen LogP contribution in [0.4, 0.5) is 15.9 Å². The Hall–Kier alpha value is -3.49. The maximum atomic E-state index is 13.4. The minimum Gasteiger partial charge on any atom is -0.359 e. The number of H-pyrrole nitrogens is 1. The third-order valence-corrected chi connectivity index (χ3v) is 5.48. The lowest BCUT2D eigenvalue weighted by Crippen LogP contribution is -2.41. The van der Waals surface area contributed by atoms with Crippen LogP contribution in [-0.2, 0) is 11.3 Å². The van der Waals surface area contributed by atoms with E-state index < -0.39 is 0 Å². The van der Waals surface area contributed by atoms with E-state index in [-0.39, 0.29) is 30.7 Å². The van der Waals surface area contributed by atoms with Crippen LogP contribution in [0.1, 0.15) is 29.0 Å². The third-order valence-electron chi connectivity index (χ3n) is 5.48. The van der Waals surface area contributed by atoms with Crippen LogP contribution < -0.4 is 10.2 Å². The highest BCUT2D eigenvalue weighted by molar-refractivity contribution is 6.04. The van der Waals surface area contributed by atoms with Gasteiger partial charge in [0.25, 0.3) is 5.91 Å². The molecule has 2 N–H and O–H groups in total. The van der Waals surface area contributed by atoms with Gasteiger partial charge in [0.2, 0.25) is 5.91 Å². The van der Waals surface area contributed by atoms with Crippen LogP contribution in [0.3, 0.4) is 0 Å². The van der Waals surface area contributed by atoms with E-state index in [4.69, 9.17) is 0 Å². The zero-order valence-electron chi connectivity index (χ0n) is 16.5. The van der Waals surface area contributed by atoms with Crippen molar-refractivity contribution in [1.29, 1.82) is 0 Å². The summed E-state index contributed by atoms with van der Waals surface area (Å²) in [5.41, 5.74) is 2.27. The predicted molar refractivity (Wildman–Crippen MR) is 110 cm³/mol. The van der Waals surface area contributed by atoms with Crippen molar-refractivity contribution in [1.82, 2.24) is 19.9 Å². The van der Waals surface area contributed by atoms with Crippen molar-refractivity contribution in [2.24, 2.45) is 5.92 Å². The first-order chi connectivity index (χ1) is 14.5. The molecule has 1 aromatic carbocycles. The summed E-state index contributed by atoms with van der Waals surface area (Å²) >= 11 is 0. The largest absolute Gasteiger partial charge is 0.359 e. The van der Waals surface area contributed by atoms with Crippen LogP contribution in [0, 0.1) is 11.7 Å². The Bertz CT molecular complexity index is 1160. The molecule has 0 radical (unpaired) electrons. The fourth-order valence-corrected chi connectivity index (χ4v) is 3.69. The predicted octanol–water partition coefficient (Wildman–Crippen LogP) is 2.54. The van der Waals surface area contributed by atoms with Crippen molar-refractivity contribution < 1.29 is 14.0 Å². The van der Waals surface area contributed by atoms with Crippen LogP contribution >= 0.6 is 0 Å². The number of hydrogen-bond acceptors (Lipinski definition) is 5. The lowest BCUT2D eigenvalue weighted by Gasteiger charge is -2.30. The van der Waals surface area contributed by atoms with E-state index in [0.717, 1.165) is 12.8 Å². The van der Waals surface area contributed by atoms with Crippen LogP contribution in [0.5, 0.6) is 0 Å². The molecule has 2 aliphatic rings. The number of anilines is 2. The molecule has 1 fully saturated rings. The Morgan fingerprint density at radius 2 is 2.17 bits per heavy atom. The molecule has 30 heavy (non-hydrogen) atoms. The fourth-order valence-electron chi connectivity index (χ4n) is 3.69. The Balaban J connectivity index is 1.37. The summed E-state index contributed by atoms with van der Waals surface area (Å²) in [5, 5.41) is 3.02. The number of fused-ring (bicyclic) bond motifs is 2. The molecular formula is C21H21FN6O2. The van der Waals surface area contributed by atoms with E-state index in [0.29, 0.717) is 46.4 Å². The first-order valence-electron chi connectivity index (χ1n) is 9.92. The number of aromatic amines is 1. The van der Waals surface area contributed by atoms with Gasteiger partial charge in [0.05, 0.1) is 35.4 Å². The first-order valence-corrected chi connectivity index (χ1v) is 9.92. The first kappa shape index (κ1) is 18.5. The second-order valence-electron chi connectivity index (χ2n) is 7.90. The number of nitrogens with zero attached hydrogens (tertiary/aromatic N) is 4. The van der Waals surface area contributed by atoms with Gasteiger partial charge in [-0.15, -0.1) is 0 Å². The Morgan fingerprint density at radius 1 is 1.33 bits per heavy atom. The number of pyridine rings is 1. The standard InChI is InChI=1S/C21H21FN6O2/c1-27(11-18-25-15-5-4-14(22)7-16(15)26-18)21(30)13-6-17-20(23-8-13)24-9-19(29)28(17)10-12-2-3-12/h4-8,12H,2-3,9-11H2,1H3,(H,23,24)(H,25,26). The van der Waals surface area contributed by atoms with Crippen LogP contribution in [0.15, 0.2) is 30.5 Å². The van der Waals surface area contributed by atoms with Gasteiger partial charge in [-0.3, -0.25) is 9.59 Å². The van der Waals surface area contributed by atoms with E-state index in [9.17, 15) is 14.0 Å². The van der Waals surface area contributed by atoms with Crippen LogP contribution in [0.25, 0.3) is 11.0 Å². The Labute approximate surface area is 172 Å². The molecule has 2 aromatic heterocycles. The van der Waals surface area contributed by atoms with Crippen molar-refractivity contribution in [3.63, 3.8) is 0 Å². The summed E-state index contributed by atoms with van der Waals surface area (Å²) in [5.74, 6) is 1.12. The topological polar surface area (TPSA) is 94.2 Å². The molecule has 8 nitrogen and oxygen atoms in total. The van der Waals surface area contributed by atoms with Gasteiger partial charge < -0.3 is 20.1 Å². The zero-order valence-corrected chi connectivity index (χ0v) is 16.5. The number of nitrogens with one attached hydrogen (secondary N) is 2. The van der Waals surface area contributed by atoms with Gasteiger partial charge >= 0.3 is 0 Å². The number of carbonyl (C=O) groups excluding carboxylic acids is 2. The molecule has 0 unspecified atom stereocenters. The monoisotopic (exact) mass is 408 g/mol. The molecule has 2 amide bonds. The molecule has 0 spiro atoms. The van der Waals surface area contributed by atoms with Gasteiger partial charge in [-0.25, -0.2) is 14.4 Å². The number of rotatable bonds is 5. The van der Waals surface area contributed by atoms with Gasteiger partial charge in [0.1, 0.15) is 17.5 Å². The average Bonchev–Trinajstić information content (AvgIpc) is 3.47. The summed E-state index contributed by atoms with van der Waals surface area (Å²) in [6.07, 6.45) is 3.77. The normalized spacial score (nSPS) is 15.8. The molecule has 0 saturated heterocycles. The van der Waals surface area contributed by atoms with Gasteiger partial charge in [-0.2, -0.15) is 0 Å². The van der Waals surface area contributed by atoms with Crippen molar-refractivity contribution in [2.45, 2.75) is 19.4 Å². The van der Waals surface area contributed by atoms with Gasteiger partial charge in [0.15, 0.2) is 0 Å². The molecule has 3 aromatic rings. The second kappa shape index (κ2) is 7.08. The number of imidazole rings is 1. The maximum Gasteiger partial charge on any atom is 0.255 e. The molecule has 1 aliphatic heterocycles. The van der Waals surface area contributed by atoms with E-state index in [1.807, 2.05) is 0 Å². The van der Waals surface area contributed by atoms with Gasteiger partial charge in [-0.05, 0) is 43.0 Å². The molecule has 154 valence electrons. The van der Waals surface area contributed by atoms with E-state index in [1.54, 1.807) is 24.1 Å². The Kier molecular flexibility index (Phi) is 4.38. The summed E-state index contributed by atoms with van der Waals surface area (Å²) in [6.45, 7) is 1.11. The van der Waals surface area contributed by atoms with Crippen molar-refractivity contribution in [3.05, 3.63) is 47.7 Å². The van der Waals surface area contributed by atoms with Crippen molar-refractivity contribution in [3.8, 4) is 0 Å². The number of benzene rings is 1. The van der Waals surface area contributed by atoms with E-state index in [2.05, 4.69) is 20.3 Å². The number of carbonyl (C=O) groups is 2. The zero-order chi connectivity index (χ0) is 20.8. The quantitative estimate of drug-likeness (QED) is 0.677. The van der Waals surface area contributed by atoms with Crippen LogP contribution in [0.2, 0.25) is 0 Å². The second-order valence-corrected chi connectivity index (χ2v) is 7.90. The molecule has 9 heteroatoms. The summed E-state index contributed by atoms with van der Waals surface area (Å²) < 4.78 is 13.4. The van der Waals surface area contributed by atoms with E-state index >= 15 is 0 Å². The molecule has 0 atom stereocenters. The lowest BCUT2D eigenvalue weighted by atomic mass is 10.1. The van der Waals surface area contributed by atoms with Crippen molar-refractivity contribution >= 4 is 34.4 Å². The Morgan fingerprint density at radius 3 is 2.97 bits per heavy atom. The number of aromatic nitrogens is 3. The SMILES string of the molecule is CN(Cc1nc2ccc(F)cc2[nH]1)C(=O)c1cnc2c(c1)N(CC1CC1)C(=O)CN2. The molecule has 1 aliphatic carbocycles. The van der Waals surface area contributed by atoms with Crippen LogP contribution in [-0.4, -0.2) is 51.8 Å². The molecule has 3 heterocycles. The van der Waals surface area contributed by atoms with Gasteiger partial charge in [-0.1, -0.05) is 0 Å². The highest BCUT2D eigenvalue weighted by Gasteiger charge is 2.32. The minimum absolute atomic E-state index is 0.0105. The number of hydrogen-bond donors (Lipinski definition) is 2.